The Morgan fingerprint density at radius 1 is 1.00 bits per heavy atom. The third-order valence-electron chi connectivity index (χ3n) is 11.1. The van der Waals surface area contributed by atoms with E-state index < -0.39 is 10.0 Å². The molecule has 11 heteroatoms. The predicted octanol–water partition coefficient (Wildman–Crippen LogP) is 6.87. The minimum Gasteiger partial charge on any atom is -0.339 e. The number of rotatable bonds is 9. The standard InChI is InChI=1S/C37H43ClFN5O3S/c1-3-40-48(46,47)34-13-7-10-31(35(34)38)36(45)42-19-16-37(17-20-42,26-8-6-9-27(39)22-26)18-21-43-28-14-15-29(43)24-30(23-28)44-25(2)41-32-11-4-5-12-33(32)44/h4-13,22,28-30,40H,3,14-21,23-24H2,1-2H3/t28-,29+,30+. The Morgan fingerprint density at radius 2 is 1.71 bits per heavy atom. The maximum Gasteiger partial charge on any atom is 0.255 e. The first kappa shape index (κ1) is 33.2. The number of imidazole rings is 1. The van der Waals surface area contributed by atoms with Crippen LogP contribution in [0.1, 0.15) is 79.7 Å². The van der Waals surface area contributed by atoms with E-state index in [9.17, 15) is 17.6 Å². The summed E-state index contributed by atoms with van der Waals surface area (Å²) in [6.45, 7) is 5.88. The summed E-state index contributed by atoms with van der Waals surface area (Å²) in [6, 6.07) is 21.3. The fourth-order valence-electron chi connectivity index (χ4n) is 8.75. The number of hydrogen-bond donors (Lipinski definition) is 1. The first-order valence-corrected chi connectivity index (χ1v) is 19.0. The van der Waals surface area contributed by atoms with Gasteiger partial charge in [0.1, 0.15) is 16.5 Å². The maximum absolute atomic E-state index is 14.7. The topological polar surface area (TPSA) is 87.5 Å². The van der Waals surface area contributed by atoms with Crippen LogP contribution in [-0.2, 0) is 15.4 Å². The van der Waals surface area contributed by atoms with Gasteiger partial charge < -0.3 is 9.47 Å². The highest BCUT2D eigenvalue weighted by Crippen LogP contribution is 2.45. The van der Waals surface area contributed by atoms with Crippen molar-refractivity contribution >= 4 is 38.6 Å². The van der Waals surface area contributed by atoms with Crippen molar-refractivity contribution in [2.45, 2.75) is 87.2 Å². The number of aromatic nitrogens is 2. The van der Waals surface area contributed by atoms with Crippen LogP contribution in [0.15, 0.2) is 71.6 Å². The quantitative estimate of drug-likeness (QED) is 0.207. The van der Waals surface area contributed by atoms with Gasteiger partial charge in [-0.05, 0) is 106 Å². The third-order valence-corrected chi connectivity index (χ3v) is 13.2. The number of carbonyl (C=O) groups is 1. The summed E-state index contributed by atoms with van der Waals surface area (Å²) in [5, 5.41) is -0.0665. The predicted molar refractivity (Wildman–Crippen MR) is 186 cm³/mol. The number of amides is 1. The number of aryl methyl sites for hydroxylation is 1. The SMILES string of the molecule is CCNS(=O)(=O)c1cccc(C(=O)N2CCC(CCN3[C@@H]4CC[C@H]3C[C@@H](n3c(C)nc5ccccc53)C4)(c3cccc(F)c3)CC2)c1Cl. The molecule has 3 aliphatic rings. The van der Waals surface area contributed by atoms with Gasteiger partial charge in [0.2, 0.25) is 10.0 Å². The molecule has 2 bridgehead atoms. The van der Waals surface area contributed by atoms with Gasteiger partial charge in [0.05, 0.1) is 21.6 Å². The van der Waals surface area contributed by atoms with E-state index in [0.717, 1.165) is 42.7 Å². The molecule has 3 aromatic carbocycles. The van der Waals surface area contributed by atoms with Crippen molar-refractivity contribution < 1.29 is 17.6 Å². The van der Waals surface area contributed by atoms with Crippen LogP contribution in [0.5, 0.6) is 0 Å². The molecule has 1 amide bonds. The second-order valence-corrected chi connectivity index (χ2v) is 15.8. The van der Waals surface area contributed by atoms with Crippen LogP contribution in [0.3, 0.4) is 0 Å². The second-order valence-electron chi connectivity index (χ2n) is 13.7. The lowest BCUT2D eigenvalue weighted by Gasteiger charge is -2.45. The van der Waals surface area contributed by atoms with Crippen LogP contribution in [0.25, 0.3) is 11.0 Å². The zero-order valence-corrected chi connectivity index (χ0v) is 29.1. The molecule has 1 aromatic heterocycles. The van der Waals surface area contributed by atoms with E-state index in [1.807, 2.05) is 12.1 Å². The van der Waals surface area contributed by atoms with E-state index in [1.165, 1.54) is 30.5 Å². The largest absolute Gasteiger partial charge is 0.339 e. The smallest absolute Gasteiger partial charge is 0.255 e. The average Bonchev–Trinajstić information content (AvgIpc) is 3.53. The molecule has 0 radical (unpaired) electrons. The first-order valence-electron chi connectivity index (χ1n) is 17.1. The lowest BCUT2D eigenvalue weighted by molar-refractivity contribution is 0.0606. The Labute approximate surface area is 287 Å². The number of likely N-dealkylation sites (tertiary alicyclic amines) is 1. The molecule has 8 nitrogen and oxygen atoms in total. The van der Waals surface area contributed by atoms with Crippen molar-refractivity contribution in [3.8, 4) is 0 Å². The van der Waals surface area contributed by atoms with E-state index in [1.54, 1.807) is 36.1 Å². The lowest BCUT2D eigenvalue weighted by atomic mass is 9.70. The summed E-state index contributed by atoms with van der Waals surface area (Å²) < 4.78 is 45.0. The van der Waals surface area contributed by atoms with Crippen molar-refractivity contribution in [1.82, 2.24) is 24.1 Å². The summed E-state index contributed by atoms with van der Waals surface area (Å²) in [4.78, 5) is 23.0. The Bertz CT molecular complexity index is 1930. The number of sulfonamides is 1. The molecule has 0 spiro atoms. The number of carbonyl (C=O) groups excluding carboxylic acids is 1. The van der Waals surface area contributed by atoms with Gasteiger partial charge in [-0.2, -0.15) is 0 Å². The number of fused-ring (bicyclic) bond motifs is 3. The molecule has 0 unspecified atom stereocenters. The molecule has 4 heterocycles. The zero-order chi connectivity index (χ0) is 33.6. The molecule has 4 aromatic rings. The highest BCUT2D eigenvalue weighted by atomic mass is 35.5. The summed E-state index contributed by atoms with van der Waals surface area (Å²) in [5.41, 5.74) is 3.14. The van der Waals surface area contributed by atoms with Gasteiger partial charge in [-0.1, -0.05) is 48.9 Å². The Hall–Kier alpha value is -3.31. The van der Waals surface area contributed by atoms with Crippen LogP contribution in [0, 0.1) is 12.7 Å². The number of para-hydroxylation sites is 2. The van der Waals surface area contributed by atoms with Gasteiger partial charge in [-0.15, -0.1) is 0 Å². The minimum absolute atomic E-state index is 0.0665. The third kappa shape index (κ3) is 6.06. The van der Waals surface area contributed by atoms with E-state index in [2.05, 4.69) is 39.3 Å². The number of piperidine rings is 2. The van der Waals surface area contributed by atoms with Crippen molar-refractivity contribution in [2.24, 2.45) is 0 Å². The highest BCUT2D eigenvalue weighted by molar-refractivity contribution is 7.89. The molecule has 48 heavy (non-hydrogen) atoms. The number of hydrogen-bond acceptors (Lipinski definition) is 5. The molecule has 7 rings (SSSR count). The molecule has 3 fully saturated rings. The van der Waals surface area contributed by atoms with Gasteiger partial charge in [-0.25, -0.2) is 22.5 Å². The number of nitrogens with one attached hydrogen (secondary N) is 1. The van der Waals surface area contributed by atoms with Crippen LogP contribution in [0.2, 0.25) is 5.02 Å². The van der Waals surface area contributed by atoms with Crippen LogP contribution in [0.4, 0.5) is 4.39 Å². The summed E-state index contributed by atoms with van der Waals surface area (Å²) >= 11 is 6.54. The minimum atomic E-state index is -3.83. The van der Waals surface area contributed by atoms with E-state index in [-0.39, 0.29) is 39.2 Å². The Kier molecular flexibility index (Phi) is 9.12. The summed E-state index contributed by atoms with van der Waals surface area (Å²) in [7, 11) is -3.83. The molecule has 0 saturated carbocycles. The van der Waals surface area contributed by atoms with Crippen molar-refractivity contribution in [3.63, 3.8) is 0 Å². The van der Waals surface area contributed by atoms with Crippen LogP contribution >= 0.6 is 11.6 Å². The summed E-state index contributed by atoms with van der Waals surface area (Å²) in [5.74, 6) is 0.538. The van der Waals surface area contributed by atoms with Gasteiger partial charge >= 0.3 is 0 Å². The first-order chi connectivity index (χ1) is 23.1. The fourth-order valence-corrected chi connectivity index (χ4v) is 10.4. The van der Waals surface area contributed by atoms with Gasteiger partial charge in [0.25, 0.3) is 5.91 Å². The Morgan fingerprint density at radius 3 is 2.42 bits per heavy atom. The lowest BCUT2D eigenvalue weighted by Crippen LogP contribution is -2.49. The number of nitrogens with zero attached hydrogens (tertiary/aromatic N) is 4. The molecule has 3 aliphatic heterocycles. The molecule has 0 aliphatic carbocycles. The fraction of sp³-hybridized carbons (Fsp3) is 0.459. The number of benzene rings is 3. The van der Waals surface area contributed by atoms with Crippen molar-refractivity contribution in [3.05, 3.63) is 94.5 Å². The van der Waals surface area contributed by atoms with Crippen LogP contribution < -0.4 is 4.72 Å². The van der Waals surface area contributed by atoms with Gasteiger partial charge in [0.15, 0.2) is 0 Å². The molecule has 254 valence electrons. The van der Waals surface area contributed by atoms with Crippen molar-refractivity contribution in [1.29, 1.82) is 0 Å². The highest BCUT2D eigenvalue weighted by Gasteiger charge is 2.44. The normalized spacial score (nSPS) is 22.8. The molecule has 3 atom stereocenters. The van der Waals surface area contributed by atoms with Gasteiger partial charge in [-0.3, -0.25) is 9.69 Å². The molecular weight excluding hydrogens is 649 g/mol. The number of halogens is 2. The molecule has 1 N–H and O–H groups in total. The Balaban J connectivity index is 1.08. The monoisotopic (exact) mass is 691 g/mol. The van der Waals surface area contributed by atoms with Crippen molar-refractivity contribution in [2.75, 3.05) is 26.2 Å². The molecular formula is C37H43ClFN5O3S. The van der Waals surface area contributed by atoms with E-state index in [0.29, 0.717) is 44.1 Å². The second kappa shape index (κ2) is 13.2. The molecule has 3 saturated heterocycles. The maximum atomic E-state index is 14.7. The van der Waals surface area contributed by atoms with Crippen LogP contribution in [-0.4, -0.2) is 71.9 Å². The van der Waals surface area contributed by atoms with E-state index in [4.69, 9.17) is 16.6 Å². The zero-order valence-electron chi connectivity index (χ0n) is 27.5. The van der Waals surface area contributed by atoms with Gasteiger partial charge in [0, 0.05) is 37.8 Å². The average molecular weight is 692 g/mol. The summed E-state index contributed by atoms with van der Waals surface area (Å²) in [6.07, 6.45) is 6.80. The van der Waals surface area contributed by atoms with E-state index >= 15 is 0 Å².